The highest BCUT2D eigenvalue weighted by atomic mass is 32.2. The second kappa shape index (κ2) is 7.07. The molecule has 0 amide bonds. The van der Waals surface area contributed by atoms with Crippen molar-refractivity contribution in [3.8, 4) is 0 Å². The van der Waals surface area contributed by atoms with Crippen LogP contribution in [0.4, 0.5) is 0 Å². The Morgan fingerprint density at radius 2 is 2.00 bits per heavy atom. The first kappa shape index (κ1) is 13.0. The van der Waals surface area contributed by atoms with E-state index in [1.165, 1.54) is 49.4 Å². The van der Waals surface area contributed by atoms with Gasteiger partial charge in [0, 0.05) is 23.2 Å². The van der Waals surface area contributed by atoms with E-state index in [-0.39, 0.29) is 0 Å². The van der Waals surface area contributed by atoms with Crippen molar-refractivity contribution in [2.75, 3.05) is 18.8 Å². The minimum Gasteiger partial charge on any atom is -0.300 e. The van der Waals surface area contributed by atoms with Gasteiger partial charge in [-0.05, 0) is 38.4 Å². The van der Waals surface area contributed by atoms with Crippen molar-refractivity contribution in [3.05, 3.63) is 30.3 Å². The fraction of sp³-hybridized carbons (Fsp3) is 0.600. The smallest absolute Gasteiger partial charge is 0.0108 e. The summed E-state index contributed by atoms with van der Waals surface area (Å²) in [6.45, 7) is 4.93. The maximum atomic E-state index is 2.67. The number of hydrogen-bond acceptors (Lipinski definition) is 2. The third-order valence-electron chi connectivity index (χ3n) is 3.58. The largest absolute Gasteiger partial charge is 0.300 e. The van der Waals surface area contributed by atoms with E-state index in [4.69, 9.17) is 0 Å². The van der Waals surface area contributed by atoms with E-state index in [1.54, 1.807) is 0 Å². The number of rotatable bonds is 4. The molecule has 17 heavy (non-hydrogen) atoms. The second-order valence-corrected chi connectivity index (χ2v) is 6.06. The number of nitrogens with zero attached hydrogens (tertiary/aromatic N) is 1. The van der Waals surface area contributed by atoms with Crippen molar-refractivity contribution < 1.29 is 0 Å². The van der Waals surface area contributed by atoms with Crippen molar-refractivity contribution in [3.63, 3.8) is 0 Å². The van der Waals surface area contributed by atoms with Crippen molar-refractivity contribution in [2.45, 2.75) is 43.5 Å². The van der Waals surface area contributed by atoms with E-state index in [0.29, 0.717) is 0 Å². The Morgan fingerprint density at radius 1 is 1.18 bits per heavy atom. The van der Waals surface area contributed by atoms with E-state index >= 15 is 0 Å². The highest BCUT2D eigenvalue weighted by Crippen LogP contribution is 2.20. The molecular formula is C15H23NS. The summed E-state index contributed by atoms with van der Waals surface area (Å²) in [6.07, 6.45) is 5.62. The lowest BCUT2D eigenvalue weighted by atomic mass is 10.1. The summed E-state index contributed by atoms with van der Waals surface area (Å²) < 4.78 is 0. The first-order valence-corrected chi connectivity index (χ1v) is 7.77. The average molecular weight is 249 g/mol. The molecule has 0 radical (unpaired) electrons. The van der Waals surface area contributed by atoms with Crippen LogP contribution in [-0.2, 0) is 0 Å². The van der Waals surface area contributed by atoms with Crippen molar-refractivity contribution in [1.82, 2.24) is 4.90 Å². The summed E-state index contributed by atoms with van der Waals surface area (Å²) >= 11 is 1.98. The maximum Gasteiger partial charge on any atom is 0.0108 e. The van der Waals surface area contributed by atoms with E-state index in [0.717, 1.165) is 6.04 Å². The van der Waals surface area contributed by atoms with Gasteiger partial charge in [-0.1, -0.05) is 31.0 Å². The average Bonchev–Trinajstić information content (AvgIpc) is 2.56. The zero-order valence-corrected chi connectivity index (χ0v) is 11.6. The normalized spacial score (nSPS) is 22.3. The van der Waals surface area contributed by atoms with Crippen LogP contribution in [0.5, 0.6) is 0 Å². The van der Waals surface area contributed by atoms with Crippen LogP contribution in [0.25, 0.3) is 0 Å². The summed E-state index contributed by atoms with van der Waals surface area (Å²) in [6, 6.07) is 11.5. The molecular weight excluding hydrogens is 226 g/mol. The standard InChI is InChI=1S/C15H23NS/c1-14-8-4-3-7-11-16(14)12-13-17-15-9-5-2-6-10-15/h2,5-6,9-10,14H,3-4,7-8,11-13H2,1H3. The first-order chi connectivity index (χ1) is 8.36. The van der Waals surface area contributed by atoms with Gasteiger partial charge in [0.2, 0.25) is 0 Å². The molecule has 1 aliphatic heterocycles. The molecule has 94 valence electrons. The molecule has 1 unspecified atom stereocenters. The van der Waals surface area contributed by atoms with Gasteiger partial charge >= 0.3 is 0 Å². The zero-order valence-electron chi connectivity index (χ0n) is 10.8. The topological polar surface area (TPSA) is 3.24 Å². The minimum absolute atomic E-state index is 0.786. The first-order valence-electron chi connectivity index (χ1n) is 6.78. The second-order valence-electron chi connectivity index (χ2n) is 4.90. The highest BCUT2D eigenvalue weighted by Gasteiger charge is 2.15. The SMILES string of the molecule is CC1CCCCCN1CCSc1ccccc1. The monoisotopic (exact) mass is 249 g/mol. The predicted molar refractivity (Wildman–Crippen MR) is 76.7 cm³/mol. The van der Waals surface area contributed by atoms with Crippen LogP contribution in [0, 0.1) is 0 Å². The summed E-state index contributed by atoms with van der Waals surface area (Å²) in [5.74, 6) is 1.22. The van der Waals surface area contributed by atoms with Gasteiger partial charge in [0.1, 0.15) is 0 Å². The number of thioether (sulfide) groups is 1. The number of benzene rings is 1. The summed E-state index contributed by atoms with van der Waals surface area (Å²) in [7, 11) is 0. The predicted octanol–water partition coefficient (Wildman–Crippen LogP) is 4.04. The van der Waals surface area contributed by atoms with Gasteiger partial charge in [0.25, 0.3) is 0 Å². The van der Waals surface area contributed by atoms with E-state index in [2.05, 4.69) is 42.2 Å². The molecule has 0 aliphatic carbocycles. The van der Waals surface area contributed by atoms with E-state index < -0.39 is 0 Å². The third-order valence-corrected chi connectivity index (χ3v) is 4.57. The maximum absolute atomic E-state index is 2.67. The fourth-order valence-electron chi connectivity index (χ4n) is 2.46. The molecule has 0 spiro atoms. The summed E-state index contributed by atoms with van der Waals surface area (Å²) in [5.41, 5.74) is 0. The van der Waals surface area contributed by atoms with E-state index in [1.807, 2.05) is 11.8 Å². The molecule has 0 N–H and O–H groups in total. The zero-order chi connectivity index (χ0) is 11.9. The Labute approximate surface area is 110 Å². The molecule has 1 aromatic carbocycles. The summed E-state index contributed by atoms with van der Waals surface area (Å²) in [4.78, 5) is 4.07. The van der Waals surface area contributed by atoms with Crippen LogP contribution in [0.2, 0.25) is 0 Å². The third kappa shape index (κ3) is 4.36. The molecule has 1 heterocycles. The molecule has 1 saturated heterocycles. The lowest BCUT2D eigenvalue weighted by Gasteiger charge is -2.26. The quantitative estimate of drug-likeness (QED) is 0.741. The fourth-order valence-corrected chi connectivity index (χ4v) is 3.38. The van der Waals surface area contributed by atoms with Gasteiger partial charge in [0.05, 0.1) is 0 Å². The lowest BCUT2D eigenvalue weighted by molar-refractivity contribution is 0.227. The molecule has 2 rings (SSSR count). The molecule has 0 aromatic heterocycles. The van der Waals surface area contributed by atoms with Gasteiger partial charge in [-0.3, -0.25) is 4.90 Å². The molecule has 1 nitrogen and oxygen atoms in total. The van der Waals surface area contributed by atoms with Gasteiger partial charge in [-0.25, -0.2) is 0 Å². The van der Waals surface area contributed by atoms with Crippen LogP contribution in [0.1, 0.15) is 32.6 Å². The Hall–Kier alpha value is -0.470. The van der Waals surface area contributed by atoms with Crippen LogP contribution in [0.3, 0.4) is 0 Å². The van der Waals surface area contributed by atoms with Gasteiger partial charge in [-0.15, -0.1) is 11.8 Å². The molecule has 1 fully saturated rings. The van der Waals surface area contributed by atoms with Crippen LogP contribution in [-0.4, -0.2) is 29.8 Å². The minimum atomic E-state index is 0.786. The molecule has 1 aromatic rings. The van der Waals surface area contributed by atoms with Crippen LogP contribution >= 0.6 is 11.8 Å². The molecule has 0 saturated carbocycles. The molecule has 2 heteroatoms. The van der Waals surface area contributed by atoms with Crippen LogP contribution < -0.4 is 0 Å². The van der Waals surface area contributed by atoms with Crippen molar-refractivity contribution >= 4 is 11.8 Å². The van der Waals surface area contributed by atoms with Gasteiger partial charge < -0.3 is 0 Å². The van der Waals surface area contributed by atoms with Gasteiger partial charge in [-0.2, -0.15) is 0 Å². The van der Waals surface area contributed by atoms with Crippen molar-refractivity contribution in [1.29, 1.82) is 0 Å². The molecule has 1 atom stereocenters. The van der Waals surface area contributed by atoms with Crippen molar-refractivity contribution in [2.24, 2.45) is 0 Å². The Kier molecular flexibility index (Phi) is 5.40. The highest BCUT2D eigenvalue weighted by molar-refractivity contribution is 7.99. The number of hydrogen-bond donors (Lipinski definition) is 0. The molecule has 1 aliphatic rings. The van der Waals surface area contributed by atoms with E-state index in [9.17, 15) is 0 Å². The Balaban J connectivity index is 1.73. The Morgan fingerprint density at radius 3 is 2.82 bits per heavy atom. The van der Waals surface area contributed by atoms with Crippen LogP contribution in [0.15, 0.2) is 35.2 Å². The summed E-state index contributed by atoms with van der Waals surface area (Å²) in [5, 5.41) is 0. The molecule has 0 bridgehead atoms. The van der Waals surface area contributed by atoms with Gasteiger partial charge in [0.15, 0.2) is 0 Å². The lowest BCUT2D eigenvalue weighted by Crippen LogP contribution is -2.34. The number of likely N-dealkylation sites (tertiary alicyclic amines) is 1. The Bertz CT molecular complexity index is 312.